The van der Waals surface area contributed by atoms with Crippen molar-refractivity contribution in [1.82, 2.24) is 64.8 Å². The topological polar surface area (TPSA) is 299 Å². The third kappa shape index (κ3) is 22.9. The number of anilines is 8. The molecule has 1 atom stereocenters. The average molecular weight is 1610 g/mol. The molecule has 27 heteroatoms. The predicted molar refractivity (Wildman–Crippen MR) is 449 cm³/mol. The zero-order chi connectivity index (χ0) is 76.3. The smallest absolute Gasteiger partial charge is 0.188 e. The monoisotopic (exact) mass is 1610 g/mol. The van der Waals surface area contributed by atoms with Gasteiger partial charge in [0.05, 0.1) is 68.5 Å². The van der Waals surface area contributed by atoms with Gasteiger partial charge in [-0.3, -0.25) is 29.7 Å². The molecular weight excluding hydrogens is 1540 g/mol. The number of aliphatic hydroxyl groups excluding tert-OH is 2. The number of pyridine rings is 8. The van der Waals surface area contributed by atoms with Crippen LogP contribution >= 0.6 is 72.6 Å². The minimum Gasteiger partial charge on any atom is -0.396 e. The van der Waals surface area contributed by atoms with Gasteiger partial charge in [0.15, 0.2) is 26.3 Å². The third-order valence-electron chi connectivity index (χ3n) is 16.0. The fourth-order valence-electron chi connectivity index (χ4n) is 10.2. The molecule has 16 rings (SSSR count). The number of thiazole rings is 5. The van der Waals surface area contributed by atoms with Gasteiger partial charge in [-0.05, 0) is 106 Å². The van der Waals surface area contributed by atoms with Crippen molar-refractivity contribution in [3.8, 4) is 53.2 Å². The zero-order valence-electron chi connectivity index (χ0n) is 59.6. The van der Waals surface area contributed by atoms with E-state index in [1.165, 1.54) is 11.3 Å². The van der Waals surface area contributed by atoms with Gasteiger partial charge in [0.1, 0.15) is 27.1 Å². The number of nitrogens with one attached hydrogen (secondary N) is 4. The summed E-state index contributed by atoms with van der Waals surface area (Å²) in [4.78, 5) is 73.9. The predicted octanol–water partition coefficient (Wildman–Crippen LogP) is 19.8. The quantitative estimate of drug-likeness (QED) is 0.0260. The molecule has 3 aromatic carbocycles. The highest BCUT2D eigenvalue weighted by atomic mass is 79.9. The van der Waals surface area contributed by atoms with Crippen molar-refractivity contribution in [2.75, 3.05) is 34.5 Å². The summed E-state index contributed by atoms with van der Waals surface area (Å²) < 4.78 is 0.793. The summed E-state index contributed by atoms with van der Waals surface area (Å²) in [5.41, 5.74) is 16.9. The normalized spacial score (nSPS) is 11.1. The summed E-state index contributed by atoms with van der Waals surface area (Å²) in [7, 11) is 0. The van der Waals surface area contributed by atoms with Crippen molar-refractivity contribution in [2.45, 2.75) is 44.6 Å². The fraction of sp³-hybridized carbons (Fsp3) is 0.108. The number of halogens is 1. The first-order chi connectivity index (χ1) is 53.7. The van der Waals surface area contributed by atoms with Crippen LogP contribution in [0.3, 0.4) is 0 Å². The van der Waals surface area contributed by atoms with E-state index in [1.54, 1.807) is 107 Å². The lowest BCUT2D eigenvalue weighted by Crippen LogP contribution is -2.13. The summed E-state index contributed by atoms with van der Waals surface area (Å²) in [5, 5.41) is 35.4. The van der Waals surface area contributed by atoms with Gasteiger partial charge in [-0.25, -0.2) is 39.9 Å². The van der Waals surface area contributed by atoms with Crippen LogP contribution in [0, 0.1) is 0 Å². The largest absolute Gasteiger partial charge is 0.396 e. The van der Waals surface area contributed by atoms with Crippen LogP contribution in [0.1, 0.15) is 69.8 Å². The Hall–Kier alpha value is -11.8. The van der Waals surface area contributed by atoms with E-state index in [2.05, 4.69) is 135 Å². The molecule has 0 fully saturated rings. The molecule has 8 N–H and O–H groups in total. The highest BCUT2D eigenvalue weighted by Gasteiger charge is 2.19. The Bertz CT molecular complexity index is 5430. The average Bonchev–Trinajstić information content (AvgIpc) is 1.87. The van der Waals surface area contributed by atoms with Crippen LogP contribution < -0.4 is 27.0 Å². The summed E-state index contributed by atoms with van der Waals surface area (Å²) in [6.07, 6.45) is 25.4. The lowest BCUT2D eigenvalue weighted by Gasteiger charge is -2.18. The molecule has 0 bridgehead atoms. The number of hydrogen-bond acceptors (Lipinski definition) is 26. The number of carbonyl (C=O) groups is 1. The molecular formula is C83H73BrN18O3S5. The van der Waals surface area contributed by atoms with Gasteiger partial charge >= 0.3 is 0 Å². The molecule has 110 heavy (non-hydrogen) atoms. The molecule has 0 amide bonds. The second-order valence-electron chi connectivity index (χ2n) is 24.9. The van der Waals surface area contributed by atoms with Crippen molar-refractivity contribution in [2.24, 2.45) is 5.73 Å². The van der Waals surface area contributed by atoms with Gasteiger partial charge in [-0.15, -0.1) is 11.3 Å². The van der Waals surface area contributed by atoms with E-state index >= 15 is 0 Å². The van der Waals surface area contributed by atoms with Crippen LogP contribution in [-0.4, -0.2) is 94.0 Å². The lowest BCUT2D eigenvalue weighted by molar-refractivity contribution is 0.0992. The molecule has 0 saturated carbocycles. The highest BCUT2D eigenvalue weighted by Crippen LogP contribution is 2.35. The van der Waals surface area contributed by atoms with Crippen LogP contribution in [0.25, 0.3) is 53.2 Å². The maximum atomic E-state index is 12.4. The Morgan fingerprint density at radius 3 is 1.47 bits per heavy atom. The second kappa shape index (κ2) is 39.4. The number of aromatic nitrogens is 13. The molecule has 550 valence electrons. The number of ketones is 1. The van der Waals surface area contributed by atoms with Crippen LogP contribution in [0.15, 0.2) is 298 Å². The molecule has 21 nitrogen and oxygen atoms in total. The molecule has 0 aliphatic rings. The summed E-state index contributed by atoms with van der Waals surface area (Å²) in [5.74, 6) is 2.03. The second-order valence-corrected chi connectivity index (χ2v) is 31.0. The van der Waals surface area contributed by atoms with Gasteiger partial charge in [-0.1, -0.05) is 194 Å². The zero-order valence-corrected chi connectivity index (χ0v) is 65.3. The summed E-state index contributed by atoms with van der Waals surface area (Å²) in [6, 6.07) is 66.0. The number of nitrogens with zero attached hydrogens (tertiary/aromatic N) is 13. The van der Waals surface area contributed by atoms with Crippen molar-refractivity contribution >= 4 is 122 Å². The van der Waals surface area contributed by atoms with E-state index in [0.717, 1.165) is 128 Å². The first-order valence-corrected chi connectivity index (χ1v) is 39.3. The molecule has 13 heterocycles. The number of carbonyl (C=O) groups excluding carboxylic acids is 1. The molecule has 0 saturated heterocycles. The number of hydrogen-bond donors (Lipinski definition) is 7. The van der Waals surface area contributed by atoms with Crippen LogP contribution in [0.4, 0.5) is 43.7 Å². The molecule has 16 aromatic rings. The first-order valence-electron chi connectivity index (χ1n) is 34.4. The van der Waals surface area contributed by atoms with Crippen LogP contribution in [0.2, 0.25) is 0 Å². The van der Waals surface area contributed by atoms with E-state index in [-0.39, 0.29) is 42.8 Å². The fourth-order valence-corrected chi connectivity index (χ4v) is 14.8. The number of Topliss-reactive ketones (excluding diaryl/α,β-unsaturated/α-hetero) is 1. The Morgan fingerprint density at radius 2 is 0.936 bits per heavy atom. The van der Waals surface area contributed by atoms with Gasteiger partial charge in [0.2, 0.25) is 0 Å². The summed E-state index contributed by atoms with van der Waals surface area (Å²) >= 11 is 11.1. The maximum Gasteiger partial charge on any atom is 0.188 e. The van der Waals surface area contributed by atoms with Gasteiger partial charge < -0.3 is 37.2 Å². The van der Waals surface area contributed by atoms with Gasteiger partial charge in [-0.2, -0.15) is 0 Å². The Morgan fingerprint density at radius 1 is 0.418 bits per heavy atom. The molecule has 0 unspecified atom stereocenters. The Balaban J connectivity index is 0.000000128. The van der Waals surface area contributed by atoms with Crippen molar-refractivity contribution in [3.05, 3.63) is 330 Å². The number of aliphatic hydroxyl groups is 2. The van der Waals surface area contributed by atoms with E-state index in [0.29, 0.717) is 5.56 Å². The third-order valence-corrected chi connectivity index (χ3v) is 21.3. The van der Waals surface area contributed by atoms with Crippen molar-refractivity contribution < 1.29 is 15.0 Å². The lowest BCUT2D eigenvalue weighted by atomic mass is 9.92. The highest BCUT2D eigenvalue weighted by molar-refractivity contribution is 9.10. The number of benzene rings is 3. The van der Waals surface area contributed by atoms with Crippen molar-refractivity contribution in [1.29, 1.82) is 0 Å². The Kier molecular flexibility index (Phi) is 27.9. The summed E-state index contributed by atoms with van der Waals surface area (Å²) in [6.45, 7) is 6.22. The van der Waals surface area contributed by atoms with E-state index in [4.69, 9.17) is 5.73 Å². The Labute approximate surface area is 664 Å². The van der Waals surface area contributed by atoms with Crippen molar-refractivity contribution in [3.63, 3.8) is 0 Å². The van der Waals surface area contributed by atoms with Gasteiger partial charge in [0.25, 0.3) is 0 Å². The molecule has 0 spiro atoms. The SMILES string of the molecule is Brc1cccc(Nc2ncc(-c3cccnc3)s2)n1.CC(C)(C)c1cccc(Nc2ncc(-c3cccnc3)s2)n1.N[C@@H](c1ccccc1)c1cnc(Nc2ccccn2)s1.O=C(Cc1ncc(-c2ccccn2)s1)c1ccc(C(CO)CO)cc1.c1ccc(-c2ccc(Nc3ncc(-c4cccnc4)s3)cn2)cc1. The minimum absolute atomic E-state index is 0.0157. The maximum absolute atomic E-state index is 12.4. The minimum atomic E-state index is -0.316. The number of nitrogens with two attached hydrogens (primary N) is 1. The molecule has 0 aliphatic heterocycles. The van der Waals surface area contributed by atoms with E-state index in [1.807, 2.05) is 219 Å². The number of rotatable bonds is 21. The first kappa shape index (κ1) is 77.8. The van der Waals surface area contributed by atoms with Gasteiger partial charge in [0, 0.05) is 130 Å². The molecule has 0 aliphatic carbocycles. The van der Waals surface area contributed by atoms with Crippen LogP contribution in [0.5, 0.6) is 0 Å². The standard InChI is InChI=1S/C19H14N4S.C19H18N2O3S.C17H18N4S.C15H14N4S.C13H9BrN4S/c1-2-5-14(6-3-1)17-9-8-16(12-21-17)23-19-22-13-18(24-19)15-7-4-10-20-11-15;22-11-15(12-23)13-4-6-14(7-5-13)17(24)9-19-21-10-18(25-19)16-3-1-2-8-20-16;1-17(2,3)14-7-4-8-15(20-14)21-16-19-11-13(22-16)12-6-5-9-18-10-12;16-14(11-6-2-1-3-7-11)12-10-18-15(20-12)19-13-8-4-5-9-17-13;14-11-4-1-5-12(17-11)18-13-16-8-10(19-13)9-3-2-6-15-7-9/h1-13H,(H,22,23);1-8,10,15,22-23H,9,11-12H2;4-11H,1-3H3,(H,19,20,21);1-10,14H,16H2,(H,17,18,19);1-8H,(H,16,17,18)/t;;;14-;/m...0./s1. The molecule has 13 aromatic heterocycles. The molecule has 0 radical (unpaired) electrons. The van der Waals surface area contributed by atoms with Crippen LogP contribution in [-0.2, 0) is 11.8 Å². The van der Waals surface area contributed by atoms with E-state index in [9.17, 15) is 15.0 Å². The van der Waals surface area contributed by atoms with E-state index < -0.39 is 0 Å².